The third kappa shape index (κ3) is 4.20. The number of rotatable bonds is 4. The van der Waals surface area contributed by atoms with Crippen LogP contribution in [0, 0.1) is 11.8 Å². The second kappa shape index (κ2) is 7.27. The van der Waals surface area contributed by atoms with Crippen LogP contribution in [-0.2, 0) is 6.54 Å². The number of aromatic nitrogens is 2. The number of hydrogen-bond acceptors (Lipinski definition) is 3. The predicted octanol–water partition coefficient (Wildman–Crippen LogP) is 1.42. The molecule has 0 saturated carbocycles. The molecule has 0 spiro atoms. The SMILES string of the molecule is CN(Cc1cccc(C#CCCO)c1)C(=O)c1ccn[nH]1. The summed E-state index contributed by atoms with van der Waals surface area (Å²) in [6.07, 6.45) is 2.01. The second-order valence-corrected chi connectivity index (χ2v) is 4.61. The van der Waals surface area contributed by atoms with E-state index >= 15 is 0 Å². The fraction of sp³-hybridized carbons (Fsp3) is 0.250. The first kappa shape index (κ1) is 14.8. The molecule has 2 N–H and O–H groups in total. The molecule has 0 radical (unpaired) electrons. The second-order valence-electron chi connectivity index (χ2n) is 4.61. The van der Waals surface area contributed by atoms with Gasteiger partial charge in [-0.25, -0.2) is 0 Å². The minimum Gasteiger partial charge on any atom is -0.395 e. The number of H-pyrrole nitrogens is 1. The highest BCUT2D eigenvalue weighted by Crippen LogP contribution is 2.09. The van der Waals surface area contributed by atoms with Gasteiger partial charge in [-0.15, -0.1) is 0 Å². The molecule has 108 valence electrons. The van der Waals surface area contributed by atoms with Gasteiger partial charge in [0.25, 0.3) is 5.91 Å². The van der Waals surface area contributed by atoms with Crippen molar-refractivity contribution in [2.24, 2.45) is 0 Å². The molecule has 0 unspecified atom stereocenters. The number of hydrogen-bond donors (Lipinski definition) is 2. The maximum absolute atomic E-state index is 12.1. The van der Waals surface area contributed by atoms with Crippen LogP contribution in [0.5, 0.6) is 0 Å². The summed E-state index contributed by atoms with van der Waals surface area (Å²) in [6.45, 7) is 0.557. The van der Waals surface area contributed by atoms with Gasteiger partial charge in [-0.3, -0.25) is 9.89 Å². The molecular weight excluding hydrogens is 266 g/mol. The number of aromatic amines is 1. The highest BCUT2D eigenvalue weighted by atomic mass is 16.2. The normalized spacial score (nSPS) is 9.81. The lowest BCUT2D eigenvalue weighted by Crippen LogP contribution is -2.26. The monoisotopic (exact) mass is 283 g/mol. The molecule has 0 fully saturated rings. The van der Waals surface area contributed by atoms with Gasteiger partial charge in [0, 0.05) is 31.8 Å². The van der Waals surface area contributed by atoms with E-state index in [1.165, 1.54) is 0 Å². The van der Waals surface area contributed by atoms with Crippen molar-refractivity contribution in [3.63, 3.8) is 0 Å². The van der Waals surface area contributed by atoms with E-state index in [1.807, 2.05) is 24.3 Å². The van der Waals surface area contributed by atoms with Gasteiger partial charge in [0.1, 0.15) is 5.69 Å². The van der Waals surface area contributed by atoms with Crippen molar-refractivity contribution < 1.29 is 9.90 Å². The highest BCUT2D eigenvalue weighted by molar-refractivity contribution is 5.91. The van der Waals surface area contributed by atoms with Crippen molar-refractivity contribution in [3.8, 4) is 11.8 Å². The number of carbonyl (C=O) groups excluding carboxylic acids is 1. The molecule has 1 heterocycles. The molecule has 1 amide bonds. The van der Waals surface area contributed by atoms with Crippen molar-refractivity contribution in [1.82, 2.24) is 15.1 Å². The summed E-state index contributed by atoms with van der Waals surface area (Å²) in [5.74, 6) is 5.76. The van der Waals surface area contributed by atoms with Crippen LogP contribution in [0.2, 0.25) is 0 Å². The molecule has 0 aliphatic carbocycles. The molecule has 1 aromatic heterocycles. The third-order valence-electron chi connectivity index (χ3n) is 2.89. The zero-order valence-electron chi connectivity index (χ0n) is 11.8. The average Bonchev–Trinajstić information content (AvgIpc) is 3.01. The van der Waals surface area contributed by atoms with Gasteiger partial charge in [0.2, 0.25) is 0 Å². The van der Waals surface area contributed by atoms with Gasteiger partial charge < -0.3 is 10.0 Å². The minimum atomic E-state index is -0.107. The summed E-state index contributed by atoms with van der Waals surface area (Å²) >= 11 is 0. The van der Waals surface area contributed by atoms with E-state index in [4.69, 9.17) is 5.11 Å². The predicted molar refractivity (Wildman–Crippen MR) is 79.4 cm³/mol. The Morgan fingerprint density at radius 1 is 1.43 bits per heavy atom. The minimum absolute atomic E-state index is 0.0636. The number of nitrogens with one attached hydrogen (secondary N) is 1. The molecule has 21 heavy (non-hydrogen) atoms. The molecule has 2 aromatic rings. The van der Waals surface area contributed by atoms with E-state index in [9.17, 15) is 4.79 Å². The molecule has 0 aliphatic rings. The number of benzene rings is 1. The number of amides is 1. The van der Waals surface area contributed by atoms with Crippen molar-refractivity contribution in [3.05, 3.63) is 53.3 Å². The van der Waals surface area contributed by atoms with Crippen LogP contribution in [0.15, 0.2) is 36.5 Å². The largest absolute Gasteiger partial charge is 0.395 e. The Kier molecular flexibility index (Phi) is 5.13. The zero-order valence-corrected chi connectivity index (χ0v) is 11.8. The molecule has 1 aromatic carbocycles. The van der Waals surface area contributed by atoms with Gasteiger partial charge >= 0.3 is 0 Å². The zero-order chi connectivity index (χ0) is 15.1. The average molecular weight is 283 g/mol. The Morgan fingerprint density at radius 3 is 3.00 bits per heavy atom. The Balaban J connectivity index is 2.04. The van der Waals surface area contributed by atoms with Gasteiger partial charge in [-0.2, -0.15) is 5.10 Å². The Labute approximate surface area is 123 Å². The van der Waals surface area contributed by atoms with Crippen LogP contribution >= 0.6 is 0 Å². The number of aliphatic hydroxyl groups excluding tert-OH is 1. The fourth-order valence-electron chi connectivity index (χ4n) is 1.89. The maximum Gasteiger partial charge on any atom is 0.271 e. The Bertz CT molecular complexity index is 654. The lowest BCUT2D eigenvalue weighted by atomic mass is 10.1. The number of carbonyl (C=O) groups is 1. The van der Waals surface area contributed by atoms with Gasteiger partial charge in [-0.05, 0) is 23.8 Å². The maximum atomic E-state index is 12.1. The summed E-state index contributed by atoms with van der Waals surface area (Å²) in [7, 11) is 1.74. The first-order valence-electron chi connectivity index (χ1n) is 6.64. The van der Waals surface area contributed by atoms with Crippen LogP contribution in [-0.4, -0.2) is 39.8 Å². The molecular formula is C16H17N3O2. The van der Waals surface area contributed by atoms with Crippen LogP contribution in [0.4, 0.5) is 0 Å². The van der Waals surface area contributed by atoms with E-state index in [0.29, 0.717) is 18.7 Å². The quantitative estimate of drug-likeness (QED) is 0.834. The van der Waals surface area contributed by atoms with E-state index in [0.717, 1.165) is 11.1 Å². The Morgan fingerprint density at radius 2 is 2.29 bits per heavy atom. The molecule has 2 rings (SSSR count). The Hall–Kier alpha value is -2.58. The van der Waals surface area contributed by atoms with Gasteiger partial charge in [-0.1, -0.05) is 24.0 Å². The van der Waals surface area contributed by atoms with E-state index in [1.54, 1.807) is 24.2 Å². The topological polar surface area (TPSA) is 69.2 Å². The van der Waals surface area contributed by atoms with Crippen molar-refractivity contribution in [1.29, 1.82) is 0 Å². The molecule has 0 aliphatic heterocycles. The van der Waals surface area contributed by atoms with Crippen molar-refractivity contribution in [2.75, 3.05) is 13.7 Å². The lowest BCUT2D eigenvalue weighted by molar-refractivity contribution is 0.0779. The van der Waals surface area contributed by atoms with Crippen LogP contribution in [0.25, 0.3) is 0 Å². The van der Waals surface area contributed by atoms with Crippen LogP contribution in [0.1, 0.15) is 28.0 Å². The van der Waals surface area contributed by atoms with Crippen molar-refractivity contribution >= 4 is 5.91 Å². The molecule has 5 heteroatoms. The summed E-state index contributed by atoms with van der Waals surface area (Å²) in [5.41, 5.74) is 2.35. The first-order chi connectivity index (χ1) is 10.2. The van der Waals surface area contributed by atoms with E-state index in [2.05, 4.69) is 22.0 Å². The highest BCUT2D eigenvalue weighted by Gasteiger charge is 2.12. The number of nitrogens with zero attached hydrogens (tertiary/aromatic N) is 2. The lowest BCUT2D eigenvalue weighted by Gasteiger charge is -2.16. The fourth-order valence-corrected chi connectivity index (χ4v) is 1.89. The van der Waals surface area contributed by atoms with E-state index < -0.39 is 0 Å². The molecule has 0 bridgehead atoms. The standard InChI is InChI=1S/C16H17N3O2/c1-19(16(21)15-8-9-17-18-15)12-14-7-4-6-13(11-14)5-2-3-10-20/h4,6-9,11,20H,3,10,12H2,1H3,(H,17,18). The molecule has 0 atom stereocenters. The van der Waals surface area contributed by atoms with Crippen LogP contribution in [0.3, 0.4) is 0 Å². The van der Waals surface area contributed by atoms with Crippen LogP contribution < -0.4 is 0 Å². The summed E-state index contributed by atoms with van der Waals surface area (Å²) in [4.78, 5) is 13.7. The smallest absolute Gasteiger partial charge is 0.271 e. The number of aliphatic hydroxyl groups is 1. The third-order valence-corrected chi connectivity index (χ3v) is 2.89. The van der Waals surface area contributed by atoms with Gasteiger partial charge in [0.05, 0.1) is 6.61 Å². The van der Waals surface area contributed by atoms with Crippen molar-refractivity contribution in [2.45, 2.75) is 13.0 Å². The molecule has 0 saturated heterocycles. The summed E-state index contributed by atoms with van der Waals surface area (Å²) in [6, 6.07) is 9.36. The molecule has 5 nitrogen and oxygen atoms in total. The summed E-state index contributed by atoms with van der Waals surface area (Å²) in [5, 5.41) is 15.2. The van der Waals surface area contributed by atoms with E-state index in [-0.39, 0.29) is 12.5 Å². The summed E-state index contributed by atoms with van der Waals surface area (Å²) < 4.78 is 0. The first-order valence-corrected chi connectivity index (χ1v) is 6.64. The van der Waals surface area contributed by atoms with Gasteiger partial charge in [0.15, 0.2) is 0 Å².